The number of para-hydroxylation sites is 1. The minimum atomic E-state index is -0.0868. The largest absolute Gasteiger partial charge is 0.375 e. The zero-order valence-corrected chi connectivity index (χ0v) is 22.0. The molecular weight excluding hydrogens is 476 g/mol. The van der Waals surface area contributed by atoms with Gasteiger partial charge in [0, 0.05) is 57.3 Å². The van der Waals surface area contributed by atoms with E-state index in [9.17, 15) is 9.59 Å². The number of amides is 2. The molecule has 1 saturated heterocycles. The summed E-state index contributed by atoms with van der Waals surface area (Å²) in [5.41, 5.74) is 3.50. The molecule has 2 aromatic carbocycles. The molecule has 1 aromatic heterocycles. The molecule has 0 aliphatic carbocycles. The zero-order valence-electron chi connectivity index (χ0n) is 22.0. The fourth-order valence-corrected chi connectivity index (χ4v) is 5.88. The van der Waals surface area contributed by atoms with E-state index in [-0.39, 0.29) is 24.5 Å². The zero-order chi connectivity index (χ0) is 26.3. The highest BCUT2D eigenvalue weighted by Crippen LogP contribution is 2.32. The summed E-state index contributed by atoms with van der Waals surface area (Å²) in [5.74, 6) is -0.153. The van der Waals surface area contributed by atoms with E-state index < -0.39 is 0 Å². The lowest BCUT2D eigenvalue weighted by Crippen LogP contribution is -2.52. The van der Waals surface area contributed by atoms with E-state index in [1.165, 1.54) is 5.56 Å². The lowest BCUT2D eigenvalue weighted by Gasteiger charge is -2.44. The number of nitrogens with zero attached hydrogens (tertiary/aromatic N) is 4. The summed E-state index contributed by atoms with van der Waals surface area (Å²) in [6.45, 7) is 2.46. The molecule has 7 nitrogen and oxygen atoms in total. The maximum Gasteiger partial charge on any atom is 0.272 e. The van der Waals surface area contributed by atoms with Gasteiger partial charge in [0.15, 0.2) is 0 Å². The Bertz CT molecular complexity index is 1220. The monoisotopic (exact) mass is 512 g/mol. The van der Waals surface area contributed by atoms with Crippen LogP contribution >= 0.6 is 0 Å². The average Bonchev–Trinajstić information content (AvgIpc) is 2.96. The number of carbonyl (C=O) groups is 2. The van der Waals surface area contributed by atoms with E-state index in [2.05, 4.69) is 34.1 Å². The second kappa shape index (κ2) is 12.3. The number of methoxy groups -OCH3 is 1. The Kier molecular flexibility index (Phi) is 8.46. The lowest BCUT2D eigenvalue weighted by molar-refractivity contribution is -0.122. The highest BCUT2D eigenvalue weighted by molar-refractivity contribution is 5.95. The fourth-order valence-electron chi connectivity index (χ4n) is 5.88. The molecule has 198 valence electrons. The summed E-state index contributed by atoms with van der Waals surface area (Å²) < 4.78 is 5.25. The summed E-state index contributed by atoms with van der Waals surface area (Å²) in [4.78, 5) is 37.9. The van der Waals surface area contributed by atoms with Gasteiger partial charge in [-0.2, -0.15) is 0 Å². The Morgan fingerprint density at radius 2 is 1.68 bits per heavy atom. The van der Waals surface area contributed by atoms with Crippen molar-refractivity contribution in [1.29, 1.82) is 0 Å². The number of fused-ring (bicyclic) bond motifs is 3. The molecular formula is C31H36N4O3. The lowest BCUT2D eigenvalue weighted by atomic mass is 9.92. The van der Waals surface area contributed by atoms with E-state index >= 15 is 0 Å². The smallest absolute Gasteiger partial charge is 0.272 e. The first kappa shape index (κ1) is 26.1. The fraction of sp³-hybridized carbons (Fsp3) is 0.387. The van der Waals surface area contributed by atoms with Gasteiger partial charge in [-0.1, -0.05) is 61.0 Å². The first-order chi connectivity index (χ1) is 18.6. The molecule has 2 amide bonds. The number of aromatic nitrogens is 1. The van der Waals surface area contributed by atoms with Crippen LogP contribution in [0.25, 0.3) is 0 Å². The molecule has 2 aliphatic heterocycles. The summed E-state index contributed by atoms with van der Waals surface area (Å²) in [6.07, 6.45) is 5.73. The molecule has 0 saturated carbocycles. The van der Waals surface area contributed by atoms with Gasteiger partial charge in [0.05, 0.1) is 0 Å². The molecule has 2 atom stereocenters. The molecule has 1 fully saturated rings. The van der Waals surface area contributed by atoms with Crippen LogP contribution in [-0.2, 0) is 22.6 Å². The van der Waals surface area contributed by atoms with Crippen molar-refractivity contribution in [2.24, 2.45) is 0 Å². The van der Waals surface area contributed by atoms with Crippen molar-refractivity contribution in [3.8, 4) is 0 Å². The topological polar surface area (TPSA) is 66.0 Å². The van der Waals surface area contributed by atoms with Crippen LogP contribution in [0.1, 0.15) is 47.3 Å². The van der Waals surface area contributed by atoms with Crippen molar-refractivity contribution < 1.29 is 14.3 Å². The van der Waals surface area contributed by atoms with Crippen LogP contribution in [0.15, 0.2) is 79.0 Å². The number of rotatable bonds is 5. The molecule has 3 aromatic rings. The van der Waals surface area contributed by atoms with Crippen molar-refractivity contribution in [1.82, 2.24) is 14.8 Å². The summed E-state index contributed by atoms with van der Waals surface area (Å²) in [6, 6.07) is 24.5. The second-order valence-corrected chi connectivity index (χ2v) is 10.2. The first-order valence-corrected chi connectivity index (χ1v) is 13.5. The third-order valence-corrected chi connectivity index (χ3v) is 7.72. The number of hydrogen-bond acceptors (Lipinski definition) is 5. The third-order valence-electron chi connectivity index (χ3n) is 7.72. The van der Waals surface area contributed by atoms with Crippen molar-refractivity contribution in [3.05, 3.63) is 95.8 Å². The molecule has 2 aliphatic rings. The molecule has 3 heterocycles. The summed E-state index contributed by atoms with van der Waals surface area (Å²) in [7, 11) is 1.55. The summed E-state index contributed by atoms with van der Waals surface area (Å²) >= 11 is 0. The molecule has 5 rings (SSSR count). The van der Waals surface area contributed by atoms with Gasteiger partial charge in [-0.25, -0.2) is 0 Å². The van der Waals surface area contributed by atoms with Crippen LogP contribution in [0, 0.1) is 0 Å². The number of benzene rings is 2. The molecule has 0 N–H and O–H groups in total. The number of ether oxygens (including phenoxy) is 1. The van der Waals surface area contributed by atoms with E-state index in [4.69, 9.17) is 4.74 Å². The van der Waals surface area contributed by atoms with E-state index in [0.29, 0.717) is 31.4 Å². The normalized spacial score (nSPS) is 20.3. The van der Waals surface area contributed by atoms with Gasteiger partial charge >= 0.3 is 0 Å². The summed E-state index contributed by atoms with van der Waals surface area (Å²) in [5, 5.41) is 0. The van der Waals surface area contributed by atoms with Crippen LogP contribution in [0.3, 0.4) is 0 Å². The van der Waals surface area contributed by atoms with Crippen LogP contribution in [-0.4, -0.2) is 65.5 Å². The predicted octanol–water partition coefficient (Wildman–Crippen LogP) is 4.53. The SMILES string of the molecule is COCC(=O)N1CCC2CCCC(CN(C(=O)c3ccccn3)Cc3ccccc31)N2Cc1ccccc1. The second-order valence-electron chi connectivity index (χ2n) is 10.2. The maximum absolute atomic E-state index is 13.8. The first-order valence-electron chi connectivity index (χ1n) is 13.5. The van der Waals surface area contributed by atoms with Crippen LogP contribution in [0.5, 0.6) is 0 Å². The Balaban J connectivity index is 1.56. The Hall–Kier alpha value is -3.55. The van der Waals surface area contributed by atoms with Crippen molar-refractivity contribution in [2.75, 3.05) is 31.7 Å². The molecule has 0 spiro atoms. The number of anilines is 1. The molecule has 0 radical (unpaired) electrons. The number of pyridine rings is 1. The average molecular weight is 513 g/mol. The minimum Gasteiger partial charge on any atom is -0.375 e. The van der Waals surface area contributed by atoms with Gasteiger partial charge in [0.25, 0.3) is 11.8 Å². The quantitative estimate of drug-likeness (QED) is 0.503. The number of piperidine rings is 1. The molecule has 7 heteroatoms. The Morgan fingerprint density at radius 1 is 0.921 bits per heavy atom. The molecule has 2 bridgehead atoms. The van der Waals surface area contributed by atoms with Crippen molar-refractivity contribution >= 4 is 17.5 Å². The highest BCUT2D eigenvalue weighted by atomic mass is 16.5. The van der Waals surface area contributed by atoms with Gasteiger partial charge in [-0.15, -0.1) is 0 Å². The van der Waals surface area contributed by atoms with Gasteiger partial charge in [0.1, 0.15) is 12.3 Å². The van der Waals surface area contributed by atoms with Crippen molar-refractivity contribution in [2.45, 2.75) is 50.9 Å². The van der Waals surface area contributed by atoms with E-state index in [1.54, 1.807) is 19.4 Å². The van der Waals surface area contributed by atoms with Gasteiger partial charge in [0.2, 0.25) is 0 Å². The van der Waals surface area contributed by atoms with Crippen LogP contribution < -0.4 is 4.90 Å². The number of hydrogen-bond donors (Lipinski definition) is 0. The van der Waals surface area contributed by atoms with Gasteiger partial charge in [-0.3, -0.25) is 19.5 Å². The Morgan fingerprint density at radius 3 is 2.47 bits per heavy atom. The molecule has 38 heavy (non-hydrogen) atoms. The van der Waals surface area contributed by atoms with Gasteiger partial charge in [-0.05, 0) is 48.6 Å². The highest BCUT2D eigenvalue weighted by Gasteiger charge is 2.35. The third kappa shape index (κ3) is 5.95. The minimum absolute atomic E-state index is 0.0198. The van der Waals surface area contributed by atoms with E-state index in [1.807, 2.05) is 52.3 Å². The van der Waals surface area contributed by atoms with Gasteiger partial charge < -0.3 is 14.5 Å². The van der Waals surface area contributed by atoms with Crippen molar-refractivity contribution in [3.63, 3.8) is 0 Å². The number of carbonyl (C=O) groups excluding carboxylic acids is 2. The standard InChI is InChI=1S/C31H36N4O3/c1-38-23-30(36)34-19-17-26-13-9-14-27(35(26)20-24-10-3-2-4-11-24)22-33(21-25-12-5-6-16-29(25)34)31(37)28-15-7-8-18-32-28/h2-8,10-12,15-16,18,26-27H,9,13-14,17,19-23H2,1H3. The maximum atomic E-state index is 13.8. The Labute approximate surface area is 225 Å². The van der Waals surface area contributed by atoms with E-state index in [0.717, 1.165) is 43.5 Å². The predicted molar refractivity (Wildman–Crippen MR) is 148 cm³/mol. The van der Waals surface area contributed by atoms with Crippen LogP contribution in [0.2, 0.25) is 0 Å². The van der Waals surface area contributed by atoms with Crippen LogP contribution in [0.4, 0.5) is 5.69 Å². The molecule has 2 unspecified atom stereocenters.